The molecule has 0 aliphatic carbocycles. The molecule has 9 heteroatoms. The summed E-state index contributed by atoms with van der Waals surface area (Å²) in [5.74, 6) is 1.29. The van der Waals surface area contributed by atoms with Crippen LogP contribution in [-0.2, 0) is 4.74 Å². The molecule has 3 aromatic heterocycles. The molecule has 0 spiro atoms. The van der Waals surface area contributed by atoms with Crippen molar-refractivity contribution < 1.29 is 9.53 Å². The molecular weight excluding hydrogens is 364 g/mol. The van der Waals surface area contributed by atoms with Crippen molar-refractivity contribution in [1.82, 2.24) is 19.7 Å². The van der Waals surface area contributed by atoms with Gasteiger partial charge in [-0.15, -0.1) is 11.3 Å². The van der Waals surface area contributed by atoms with Gasteiger partial charge in [-0.2, -0.15) is 5.10 Å². The van der Waals surface area contributed by atoms with E-state index in [2.05, 4.69) is 35.2 Å². The summed E-state index contributed by atoms with van der Waals surface area (Å²) in [6, 6.07) is 3.97. The van der Waals surface area contributed by atoms with Gasteiger partial charge < -0.3 is 15.8 Å². The maximum Gasteiger partial charge on any atom is 0.258 e. The summed E-state index contributed by atoms with van der Waals surface area (Å²) in [5, 5.41) is 8.08. The number of primary amides is 1. The van der Waals surface area contributed by atoms with Crippen LogP contribution in [0.4, 0.5) is 11.8 Å². The Bertz CT molecular complexity index is 974. The number of carbonyl (C=O) groups excluding carboxylic acids is 1. The van der Waals surface area contributed by atoms with Crippen molar-refractivity contribution in [2.75, 3.05) is 18.5 Å². The van der Waals surface area contributed by atoms with Crippen molar-refractivity contribution in [1.29, 1.82) is 0 Å². The normalized spacial score (nSPS) is 15.5. The number of rotatable bonds is 5. The number of hydrogen-bond donors (Lipinski definition) is 2. The first kappa shape index (κ1) is 17.9. The molecule has 0 aromatic carbocycles. The second-order valence-electron chi connectivity index (χ2n) is 6.92. The molecule has 4 rings (SSSR count). The summed E-state index contributed by atoms with van der Waals surface area (Å²) in [7, 11) is 0. The van der Waals surface area contributed by atoms with Crippen LogP contribution in [0.25, 0.3) is 10.2 Å². The zero-order valence-corrected chi connectivity index (χ0v) is 16.1. The third-order valence-corrected chi connectivity index (χ3v) is 5.71. The Balaban J connectivity index is 1.63. The summed E-state index contributed by atoms with van der Waals surface area (Å²) in [6.07, 6.45) is 3.68. The van der Waals surface area contributed by atoms with E-state index in [0.717, 1.165) is 42.3 Å². The fraction of sp³-hybridized carbons (Fsp3) is 0.444. The van der Waals surface area contributed by atoms with E-state index < -0.39 is 5.91 Å². The zero-order chi connectivity index (χ0) is 19.0. The molecular formula is C18H22N6O2S. The summed E-state index contributed by atoms with van der Waals surface area (Å²) in [5.41, 5.74) is 7.13. The van der Waals surface area contributed by atoms with Crippen LogP contribution in [0.1, 0.15) is 54.0 Å². The molecule has 1 aliphatic rings. The standard InChI is InChI=1S/C18H22N6O2S/c1-10(2)24-16(8-12(23-24)11-3-5-26-6-4-11)22-18-20-9-15-13(21-18)7-14(27-15)17(19)25/h7-11H,3-6H2,1-2H3,(H2,19,25)(H,20,21,22). The molecule has 0 bridgehead atoms. The van der Waals surface area contributed by atoms with E-state index in [4.69, 9.17) is 15.6 Å². The molecule has 27 heavy (non-hydrogen) atoms. The van der Waals surface area contributed by atoms with E-state index in [1.54, 1.807) is 12.3 Å². The highest BCUT2D eigenvalue weighted by Gasteiger charge is 2.21. The van der Waals surface area contributed by atoms with Crippen LogP contribution in [0.5, 0.6) is 0 Å². The molecule has 1 amide bonds. The van der Waals surface area contributed by atoms with Gasteiger partial charge in [0.1, 0.15) is 5.82 Å². The van der Waals surface area contributed by atoms with E-state index in [0.29, 0.717) is 22.3 Å². The fourth-order valence-corrected chi connectivity index (χ4v) is 4.05. The first-order valence-electron chi connectivity index (χ1n) is 9.02. The van der Waals surface area contributed by atoms with E-state index in [-0.39, 0.29) is 6.04 Å². The van der Waals surface area contributed by atoms with Crippen LogP contribution >= 0.6 is 11.3 Å². The van der Waals surface area contributed by atoms with E-state index >= 15 is 0 Å². The number of ether oxygens (including phenoxy) is 1. The number of aromatic nitrogens is 4. The Morgan fingerprint density at radius 3 is 2.85 bits per heavy atom. The molecule has 0 atom stereocenters. The van der Waals surface area contributed by atoms with Crippen LogP contribution in [0.3, 0.4) is 0 Å². The highest BCUT2D eigenvalue weighted by Crippen LogP contribution is 2.30. The second-order valence-corrected chi connectivity index (χ2v) is 8.01. The van der Waals surface area contributed by atoms with E-state index in [9.17, 15) is 4.79 Å². The third kappa shape index (κ3) is 3.65. The lowest BCUT2D eigenvalue weighted by molar-refractivity contribution is 0.0843. The van der Waals surface area contributed by atoms with Gasteiger partial charge in [0.25, 0.3) is 5.91 Å². The molecule has 0 saturated carbocycles. The molecule has 1 aliphatic heterocycles. The first-order valence-corrected chi connectivity index (χ1v) is 9.83. The van der Waals surface area contributed by atoms with Gasteiger partial charge in [-0.05, 0) is 32.8 Å². The summed E-state index contributed by atoms with van der Waals surface area (Å²) >= 11 is 1.29. The zero-order valence-electron chi connectivity index (χ0n) is 15.3. The third-order valence-electron chi connectivity index (χ3n) is 4.64. The van der Waals surface area contributed by atoms with Crippen LogP contribution in [0.2, 0.25) is 0 Å². The first-order chi connectivity index (χ1) is 13.0. The largest absolute Gasteiger partial charge is 0.381 e. The Kier molecular flexibility index (Phi) is 4.79. The number of amides is 1. The van der Waals surface area contributed by atoms with Crippen LogP contribution in [0.15, 0.2) is 18.3 Å². The van der Waals surface area contributed by atoms with Crippen molar-refractivity contribution >= 4 is 39.2 Å². The minimum Gasteiger partial charge on any atom is -0.381 e. The van der Waals surface area contributed by atoms with Crippen molar-refractivity contribution in [3.05, 3.63) is 28.9 Å². The highest BCUT2D eigenvalue weighted by atomic mass is 32.1. The number of nitrogens with one attached hydrogen (secondary N) is 1. The van der Waals surface area contributed by atoms with E-state index in [1.807, 2.05) is 4.68 Å². The summed E-state index contributed by atoms with van der Waals surface area (Å²) in [4.78, 5) is 20.7. The molecule has 1 saturated heterocycles. The number of carbonyl (C=O) groups is 1. The van der Waals surface area contributed by atoms with E-state index in [1.165, 1.54) is 11.3 Å². The fourth-order valence-electron chi connectivity index (χ4n) is 3.23. The van der Waals surface area contributed by atoms with Crippen LogP contribution in [0, 0.1) is 0 Å². The number of nitrogens with two attached hydrogens (primary N) is 1. The molecule has 1 fully saturated rings. The lowest BCUT2D eigenvalue weighted by Crippen LogP contribution is -2.15. The Morgan fingerprint density at radius 2 is 2.15 bits per heavy atom. The minimum atomic E-state index is -0.452. The molecule has 0 radical (unpaired) electrons. The number of nitrogens with zero attached hydrogens (tertiary/aromatic N) is 4. The maximum absolute atomic E-state index is 11.4. The molecule has 3 aromatic rings. The molecule has 142 valence electrons. The predicted molar refractivity (Wildman–Crippen MR) is 105 cm³/mol. The Labute approximate surface area is 160 Å². The predicted octanol–water partition coefficient (Wildman–Crippen LogP) is 3.21. The molecule has 3 N–H and O–H groups in total. The van der Waals surface area contributed by atoms with Crippen molar-refractivity contribution in [2.45, 2.75) is 38.6 Å². The van der Waals surface area contributed by atoms with Gasteiger partial charge in [0.05, 0.1) is 27.0 Å². The highest BCUT2D eigenvalue weighted by molar-refractivity contribution is 7.20. The van der Waals surface area contributed by atoms with Gasteiger partial charge in [-0.3, -0.25) is 4.79 Å². The van der Waals surface area contributed by atoms with Gasteiger partial charge in [-0.25, -0.2) is 14.6 Å². The number of fused-ring (bicyclic) bond motifs is 1. The average Bonchev–Trinajstić information content (AvgIpc) is 3.26. The van der Waals surface area contributed by atoms with Gasteiger partial charge in [0.2, 0.25) is 5.95 Å². The van der Waals surface area contributed by atoms with Gasteiger partial charge in [-0.1, -0.05) is 0 Å². The minimum absolute atomic E-state index is 0.201. The number of thiophene rings is 1. The summed E-state index contributed by atoms with van der Waals surface area (Å²) < 4.78 is 8.25. The van der Waals surface area contributed by atoms with Crippen molar-refractivity contribution in [2.24, 2.45) is 5.73 Å². The average molecular weight is 386 g/mol. The second kappa shape index (κ2) is 7.24. The Morgan fingerprint density at radius 1 is 1.37 bits per heavy atom. The topological polar surface area (TPSA) is 108 Å². The van der Waals surface area contributed by atoms with Gasteiger partial charge in [0, 0.05) is 31.2 Å². The lowest BCUT2D eigenvalue weighted by Gasteiger charge is -2.20. The molecule has 4 heterocycles. The van der Waals surface area contributed by atoms with Crippen LogP contribution in [-0.4, -0.2) is 38.9 Å². The molecule has 8 nitrogen and oxygen atoms in total. The SMILES string of the molecule is CC(C)n1nc(C2CCOCC2)cc1Nc1ncc2sc(C(N)=O)cc2n1. The van der Waals surface area contributed by atoms with Crippen molar-refractivity contribution in [3.8, 4) is 0 Å². The van der Waals surface area contributed by atoms with Gasteiger partial charge in [0.15, 0.2) is 0 Å². The number of anilines is 2. The molecule has 0 unspecified atom stereocenters. The van der Waals surface area contributed by atoms with Crippen LogP contribution < -0.4 is 11.1 Å². The van der Waals surface area contributed by atoms with Crippen molar-refractivity contribution in [3.63, 3.8) is 0 Å². The Hall–Kier alpha value is -2.52. The van der Waals surface area contributed by atoms with Gasteiger partial charge >= 0.3 is 0 Å². The lowest BCUT2D eigenvalue weighted by atomic mass is 9.97. The maximum atomic E-state index is 11.4. The quantitative estimate of drug-likeness (QED) is 0.697. The summed E-state index contributed by atoms with van der Waals surface area (Å²) in [6.45, 7) is 5.74. The monoisotopic (exact) mass is 386 g/mol. The smallest absolute Gasteiger partial charge is 0.258 e. The number of hydrogen-bond acceptors (Lipinski definition) is 7.